The third kappa shape index (κ3) is 1.97. The second kappa shape index (κ2) is 4.10. The normalized spacial score (nSPS) is 12.4. The molecule has 12 heavy (non-hydrogen) atoms. The van der Waals surface area contributed by atoms with Gasteiger partial charge in [-0.1, -0.05) is 43.6 Å². The third-order valence-electron chi connectivity index (χ3n) is 2.12. The highest BCUT2D eigenvalue weighted by Gasteiger charge is 2.11. The number of carbonyl (C=O) groups is 1. The van der Waals surface area contributed by atoms with E-state index in [0.717, 1.165) is 11.9 Å². The standard InChI is InChI=1S/C10H13BO/c1-8(7-11)10(12)9-5-3-2-4-6-9/h2-6,8H,7,11H2,1H3. The van der Waals surface area contributed by atoms with Gasteiger partial charge in [-0.25, -0.2) is 0 Å². The number of benzene rings is 1. The highest BCUT2D eigenvalue weighted by atomic mass is 16.1. The van der Waals surface area contributed by atoms with Crippen molar-refractivity contribution in [2.24, 2.45) is 5.92 Å². The molecule has 2 heteroatoms. The molecule has 1 rings (SSSR count). The molecule has 0 radical (unpaired) electrons. The van der Waals surface area contributed by atoms with E-state index in [4.69, 9.17) is 0 Å². The zero-order valence-corrected chi connectivity index (χ0v) is 7.58. The largest absolute Gasteiger partial charge is 0.294 e. The van der Waals surface area contributed by atoms with Gasteiger partial charge in [-0.15, -0.1) is 0 Å². The van der Waals surface area contributed by atoms with Crippen LogP contribution in [0.25, 0.3) is 0 Å². The zero-order chi connectivity index (χ0) is 8.97. The topological polar surface area (TPSA) is 17.1 Å². The van der Waals surface area contributed by atoms with Crippen LogP contribution in [0.1, 0.15) is 17.3 Å². The maximum atomic E-state index is 11.6. The minimum atomic E-state index is 0.146. The first-order valence-corrected chi connectivity index (χ1v) is 4.35. The Kier molecular flexibility index (Phi) is 3.09. The van der Waals surface area contributed by atoms with Gasteiger partial charge in [0.1, 0.15) is 7.85 Å². The molecule has 1 unspecified atom stereocenters. The minimum absolute atomic E-state index is 0.146. The van der Waals surface area contributed by atoms with Gasteiger partial charge in [0.25, 0.3) is 0 Å². The van der Waals surface area contributed by atoms with Gasteiger partial charge in [0.2, 0.25) is 0 Å². The van der Waals surface area contributed by atoms with E-state index in [1.807, 2.05) is 45.1 Å². The van der Waals surface area contributed by atoms with Gasteiger partial charge in [0, 0.05) is 11.5 Å². The van der Waals surface area contributed by atoms with E-state index in [9.17, 15) is 4.79 Å². The molecule has 1 aromatic carbocycles. The van der Waals surface area contributed by atoms with Gasteiger partial charge in [-0.2, -0.15) is 0 Å². The zero-order valence-electron chi connectivity index (χ0n) is 7.58. The molecule has 0 heterocycles. The molecule has 0 aromatic heterocycles. The van der Waals surface area contributed by atoms with Crippen molar-refractivity contribution < 1.29 is 4.79 Å². The van der Waals surface area contributed by atoms with Crippen LogP contribution >= 0.6 is 0 Å². The molecule has 0 aliphatic heterocycles. The van der Waals surface area contributed by atoms with Crippen LogP contribution in [-0.4, -0.2) is 13.6 Å². The SMILES string of the molecule is BCC(C)C(=O)c1ccccc1. The summed E-state index contributed by atoms with van der Waals surface area (Å²) in [5.74, 6) is 0.394. The summed E-state index contributed by atoms with van der Waals surface area (Å²) in [5.41, 5.74) is 0.826. The fourth-order valence-corrected chi connectivity index (χ4v) is 1.07. The van der Waals surface area contributed by atoms with Crippen molar-refractivity contribution in [1.29, 1.82) is 0 Å². The van der Waals surface area contributed by atoms with E-state index in [-0.39, 0.29) is 11.7 Å². The molecule has 1 aromatic rings. The summed E-state index contributed by atoms with van der Waals surface area (Å²) < 4.78 is 0. The van der Waals surface area contributed by atoms with Crippen LogP contribution < -0.4 is 0 Å². The lowest BCUT2D eigenvalue weighted by Gasteiger charge is -2.06. The summed E-state index contributed by atoms with van der Waals surface area (Å²) in [5, 5.41) is 0. The molecule has 1 atom stereocenters. The number of carbonyl (C=O) groups excluding carboxylic acids is 1. The minimum Gasteiger partial charge on any atom is -0.294 e. The molecular weight excluding hydrogens is 147 g/mol. The van der Waals surface area contributed by atoms with Gasteiger partial charge in [0.15, 0.2) is 5.78 Å². The van der Waals surface area contributed by atoms with Crippen LogP contribution in [0.2, 0.25) is 6.32 Å². The highest BCUT2D eigenvalue weighted by molar-refractivity contribution is 6.12. The van der Waals surface area contributed by atoms with Crippen molar-refractivity contribution in [1.82, 2.24) is 0 Å². The number of Topliss-reactive ketones (excluding diaryl/α,β-unsaturated/α-hetero) is 1. The Hall–Kier alpha value is -1.05. The maximum Gasteiger partial charge on any atom is 0.164 e. The smallest absolute Gasteiger partial charge is 0.164 e. The molecule has 1 nitrogen and oxygen atoms in total. The van der Waals surface area contributed by atoms with E-state index in [1.54, 1.807) is 0 Å². The Balaban J connectivity index is 2.79. The first-order valence-electron chi connectivity index (χ1n) is 4.35. The highest BCUT2D eigenvalue weighted by Crippen LogP contribution is 2.10. The second-order valence-corrected chi connectivity index (χ2v) is 3.04. The summed E-state index contributed by atoms with van der Waals surface area (Å²) in [4.78, 5) is 11.6. The Morgan fingerprint density at radius 1 is 1.42 bits per heavy atom. The number of ketones is 1. The monoisotopic (exact) mass is 160 g/mol. The van der Waals surface area contributed by atoms with Crippen molar-refractivity contribution in [2.75, 3.05) is 0 Å². The summed E-state index contributed by atoms with van der Waals surface area (Å²) in [6.45, 7) is 1.97. The van der Waals surface area contributed by atoms with E-state index in [0.29, 0.717) is 0 Å². The number of hydrogen-bond acceptors (Lipinski definition) is 1. The van der Waals surface area contributed by atoms with Gasteiger partial charge in [-0.3, -0.25) is 4.79 Å². The Morgan fingerprint density at radius 2 is 2.00 bits per heavy atom. The van der Waals surface area contributed by atoms with Gasteiger partial charge in [-0.05, 0) is 0 Å². The average Bonchev–Trinajstić information content (AvgIpc) is 2.17. The van der Waals surface area contributed by atoms with E-state index >= 15 is 0 Å². The predicted molar refractivity (Wildman–Crippen MR) is 53.3 cm³/mol. The van der Waals surface area contributed by atoms with Gasteiger partial charge >= 0.3 is 0 Å². The molecular formula is C10H13BO. The van der Waals surface area contributed by atoms with E-state index in [2.05, 4.69) is 0 Å². The van der Waals surface area contributed by atoms with Gasteiger partial charge in [0.05, 0.1) is 0 Å². The maximum absolute atomic E-state index is 11.6. The molecule has 0 spiro atoms. The summed E-state index contributed by atoms with van der Waals surface area (Å²) in [7, 11) is 2.03. The van der Waals surface area contributed by atoms with E-state index in [1.165, 1.54) is 0 Å². The molecule has 0 saturated carbocycles. The lowest BCUT2D eigenvalue weighted by Crippen LogP contribution is -2.10. The Bertz CT molecular complexity index is 256. The van der Waals surface area contributed by atoms with Crippen molar-refractivity contribution in [3.05, 3.63) is 35.9 Å². The molecule has 0 saturated heterocycles. The first-order chi connectivity index (χ1) is 5.75. The van der Waals surface area contributed by atoms with Crippen LogP contribution in [0.15, 0.2) is 30.3 Å². The number of hydrogen-bond donors (Lipinski definition) is 0. The second-order valence-electron chi connectivity index (χ2n) is 3.04. The van der Waals surface area contributed by atoms with Crippen LogP contribution in [-0.2, 0) is 0 Å². The predicted octanol–water partition coefficient (Wildman–Crippen LogP) is 1.56. The summed E-state index contributed by atoms with van der Waals surface area (Å²) >= 11 is 0. The van der Waals surface area contributed by atoms with Crippen LogP contribution in [0.5, 0.6) is 0 Å². The van der Waals surface area contributed by atoms with Gasteiger partial charge < -0.3 is 0 Å². The Morgan fingerprint density at radius 3 is 2.50 bits per heavy atom. The molecule has 0 N–H and O–H groups in total. The van der Waals surface area contributed by atoms with Crippen LogP contribution in [0.4, 0.5) is 0 Å². The van der Waals surface area contributed by atoms with E-state index < -0.39 is 0 Å². The summed E-state index contributed by atoms with van der Waals surface area (Å²) in [6, 6.07) is 9.46. The van der Waals surface area contributed by atoms with Crippen molar-refractivity contribution in [3.8, 4) is 0 Å². The third-order valence-corrected chi connectivity index (χ3v) is 2.12. The van der Waals surface area contributed by atoms with Crippen molar-refractivity contribution >= 4 is 13.6 Å². The number of rotatable bonds is 3. The summed E-state index contributed by atoms with van der Waals surface area (Å²) in [6.07, 6.45) is 0.910. The molecule has 62 valence electrons. The molecule has 0 fully saturated rings. The lowest BCUT2D eigenvalue weighted by molar-refractivity contribution is 0.0940. The van der Waals surface area contributed by atoms with Crippen molar-refractivity contribution in [2.45, 2.75) is 13.2 Å². The molecule has 0 aliphatic carbocycles. The first kappa shape index (κ1) is 9.05. The fourth-order valence-electron chi connectivity index (χ4n) is 1.07. The molecule has 0 amide bonds. The lowest BCUT2D eigenvalue weighted by atomic mass is 9.87. The Labute approximate surface area is 74.2 Å². The van der Waals surface area contributed by atoms with Crippen LogP contribution in [0, 0.1) is 5.92 Å². The molecule has 0 aliphatic rings. The quantitative estimate of drug-likeness (QED) is 0.484. The fraction of sp³-hybridized carbons (Fsp3) is 0.300. The van der Waals surface area contributed by atoms with Crippen LogP contribution in [0.3, 0.4) is 0 Å². The molecule has 0 bridgehead atoms. The van der Waals surface area contributed by atoms with Crippen molar-refractivity contribution in [3.63, 3.8) is 0 Å². The average molecular weight is 160 g/mol.